The van der Waals surface area contributed by atoms with Gasteiger partial charge in [-0.2, -0.15) is 9.30 Å². The molecule has 1 atom stereocenters. The summed E-state index contributed by atoms with van der Waals surface area (Å²) in [4.78, 5) is 18.1. The summed E-state index contributed by atoms with van der Waals surface area (Å²) < 4.78 is 48.9. The van der Waals surface area contributed by atoms with E-state index in [-0.39, 0.29) is 17.3 Å². The largest absolute Gasteiger partial charge is 0.380 e. The summed E-state index contributed by atoms with van der Waals surface area (Å²) in [6, 6.07) is 10.2. The second-order valence-electron chi connectivity index (χ2n) is 7.95. The van der Waals surface area contributed by atoms with Crippen molar-refractivity contribution in [2.45, 2.75) is 31.2 Å². The van der Waals surface area contributed by atoms with Crippen LogP contribution in [0.4, 0.5) is 4.39 Å². The standard InChI is InChI=1S/C23H25ClFN3O4S2/c1-2-32-13-12-28-20-10-5-17(24)14-21(20)33-23(28)26-22(29)16-4-3-11-27(15-16)34(30,31)19-8-6-18(25)7-9-19/h5-10,14,16H,2-4,11-13,15H2,1H3. The van der Waals surface area contributed by atoms with Crippen molar-refractivity contribution in [1.82, 2.24) is 8.87 Å². The molecule has 11 heteroatoms. The van der Waals surface area contributed by atoms with Gasteiger partial charge in [-0.1, -0.05) is 22.9 Å². The minimum Gasteiger partial charge on any atom is -0.380 e. The molecule has 1 aromatic heterocycles. The minimum atomic E-state index is -3.83. The predicted molar refractivity (Wildman–Crippen MR) is 130 cm³/mol. The summed E-state index contributed by atoms with van der Waals surface area (Å²) in [5.74, 6) is -1.42. The molecule has 2 heterocycles. The third kappa shape index (κ3) is 5.41. The van der Waals surface area contributed by atoms with Crippen LogP contribution in [0, 0.1) is 11.7 Å². The number of benzene rings is 2. The van der Waals surface area contributed by atoms with Gasteiger partial charge in [0.1, 0.15) is 5.82 Å². The van der Waals surface area contributed by atoms with Gasteiger partial charge >= 0.3 is 0 Å². The molecular formula is C23H25ClFN3O4S2. The molecule has 0 bridgehead atoms. The Morgan fingerprint density at radius 1 is 1.26 bits per heavy atom. The average molecular weight is 526 g/mol. The maximum Gasteiger partial charge on any atom is 0.252 e. The molecule has 1 aliphatic rings. The highest BCUT2D eigenvalue weighted by atomic mass is 35.5. The molecule has 1 amide bonds. The van der Waals surface area contributed by atoms with Gasteiger partial charge in [-0.05, 0) is 62.2 Å². The number of carbonyl (C=O) groups excluding carboxylic acids is 1. The molecule has 0 spiro atoms. The number of sulfonamides is 1. The van der Waals surface area contributed by atoms with Crippen molar-refractivity contribution in [3.05, 3.63) is 58.1 Å². The van der Waals surface area contributed by atoms with Crippen molar-refractivity contribution in [2.75, 3.05) is 26.3 Å². The molecule has 0 N–H and O–H groups in total. The summed E-state index contributed by atoms with van der Waals surface area (Å²) in [7, 11) is -3.83. The number of hydrogen-bond donors (Lipinski definition) is 0. The molecule has 182 valence electrons. The van der Waals surface area contributed by atoms with Crippen molar-refractivity contribution >= 4 is 49.1 Å². The Morgan fingerprint density at radius 3 is 2.76 bits per heavy atom. The van der Waals surface area contributed by atoms with E-state index in [4.69, 9.17) is 16.3 Å². The minimum absolute atomic E-state index is 0.00842. The summed E-state index contributed by atoms with van der Waals surface area (Å²) in [5, 5.41) is 0.595. The van der Waals surface area contributed by atoms with E-state index in [0.717, 1.165) is 22.3 Å². The lowest BCUT2D eigenvalue weighted by molar-refractivity contribution is -0.122. The number of rotatable bonds is 7. The van der Waals surface area contributed by atoms with Crippen LogP contribution in [0.1, 0.15) is 19.8 Å². The molecule has 1 fully saturated rings. The maximum atomic E-state index is 13.2. The molecular weight excluding hydrogens is 501 g/mol. The SMILES string of the molecule is CCOCCn1c(=NC(=O)C2CCCN(S(=O)(=O)c3ccc(F)cc3)C2)sc2cc(Cl)ccc21. The first-order valence-corrected chi connectivity index (χ1v) is 13.6. The van der Waals surface area contributed by atoms with E-state index in [1.807, 2.05) is 23.6 Å². The number of piperidine rings is 1. The van der Waals surface area contributed by atoms with Gasteiger partial charge in [0.15, 0.2) is 4.80 Å². The smallest absolute Gasteiger partial charge is 0.252 e. The number of aromatic nitrogens is 1. The lowest BCUT2D eigenvalue weighted by Gasteiger charge is -2.30. The molecule has 3 aromatic rings. The Morgan fingerprint density at radius 2 is 2.03 bits per heavy atom. The quantitative estimate of drug-likeness (QED) is 0.436. The molecule has 7 nitrogen and oxygen atoms in total. The number of nitrogens with zero attached hydrogens (tertiary/aromatic N) is 3. The fraction of sp³-hybridized carbons (Fsp3) is 0.391. The van der Waals surface area contributed by atoms with Crippen LogP contribution in [-0.4, -0.2) is 49.5 Å². The number of ether oxygens (including phenoxy) is 1. The molecule has 1 aliphatic heterocycles. The van der Waals surface area contributed by atoms with Gasteiger partial charge < -0.3 is 9.30 Å². The fourth-order valence-corrected chi connectivity index (χ4v) is 6.81. The lowest BCUT2D eigenvalue weighted by atomic mass is 9.99. The molecule has 0 aliphatic carbocycles. The van der Waals surface area contributed by atoms with Crippen LogP contribution in [0.25, 0.3) is 10.2 Å². The van der Waals surface area contributed by atoms with Crippen LogP contribution in [0.5, 0.6) is 0 Å². The topological polar surface area (TPSA) is 81.0 Å². The Hall–Kier alpha value is -2.11. The van der Waals surface area contributed by atoms with Crippen LogP contribution in [0.2, 0.25) is 5.02 Å². The van der Waals surface area contributed by atoms with Gasteiger partial charge in [0.2, 0.25) is 10.0 Å². The Balaban J connectivity index is 1.61. The molecule has 1 unspecified atom stereocenters. The summed E-state index contributed by atoms with van der Waals surface area (Å²) in [5.41, 5.74) is 0.907. The first kappa shape index (κ1) is 25.0. The molecule has 34 heavy (non-hydrogen) atoms. The van der Waals surface area contributed by atoms with E-state index < -0.39 is 21.8 Å². The maximum absolute atomic E-state index is 13.2. The normalized spacial score (nSPS) is 18.0. The molecule has 0 saturated carbocycles. The summed E-state index contributed by atoms with van der Waals surface area (Å²) in [6.45, 7) is 3.84. The third-order valence-corrected chi connectivity index (χ3v) is 8.85. The van der Waals surface area contributed by atoms with E-state index in [1.54, 1.807) is 6.07 Å². The number of thiazole rings is 1. The molecule has 2 aromatic carbocycles. The fourth-order valence-electron chi connectivity index (χ4n) is 3.95. The highest BCUT2D eigenvalue weighted by Crippen LogP contribution is 2.25. The Kier molecular flexibility index (Phi) is 7.83. The van der Waals surface area contributed by atoms with Gasteiger partial charge in [0.25, 0.3) is 5.91 Å². The van der Waals surface area contributed by atoms with Crippen LogP contribution in [0.3, 0.4) is 0 Å². The third-order valence-electron chi connectivity index (χ3n) is 5.70. The van der Waals surface area contributed by atoms with E-state index in [9.17, 15) is 17.6 Å². The van der Waals surface area contributed by atoms with Crippen LogP contribution >= 0.6 is 22.9 Å². The van der Waals surface area contributed by atoms with Crippen molar-refractivity contribution < 1.29 is 22.3 Å². The number of hydrogen-bond acceptors (Lipinski definition) is 5. The number of carbonyl (C=O) groups is 1. The highest BCUT2D eigenvalue weighted by molar-refractivity contribution is 7.89. The number of fused-ring (bicyclic) bond motifs is 1. The van der Waals surface area contributed by atoms with Crippen LogP contribution in [-0.2, 0) is 26.1 Å². The van der Waals surface area contributed by atoms with Crippen molar-refractivity contribution in [3.8, 4) is 0 Å². The van der Waals surface area contributed by atoms with Gasteiger partial charge in [-0.25, -0.2) is 12.8 Å². The zero-order valence-corrected chi connectivity index (χ0v) is 21.0. The van der Waals surface area contributed by atoms with Gasteiger partial charge in [0, 0.05) is 31.3 Å². The zero-order chi connectivity index (χ0) is 24.3. The lowest BCUT2D eigenvalue weighted by Crippen LogP contribution is -2.42. The van der Waals surface area contributed by atoms with Crippen LogP contribution in [0.15, 0.2) is 52.4 Å². The highest BCUT2D eigenvalue weighted by Gasteiger charge is 2.33. The van der Waals surface area contributed by atoms with Crippen molar-refractivity contribution in [3.63, 3.8) is 0 Å². The average Bonchev–Trinajstić information content (AvgIpc) is 3.15. The first-order valence-electron chi connectivity index (χ1n) is 11.0. The van der Waals surface area contributed by atoms with E-state index in [2.05, 4.69) is 4.99 Å². The summed E-state index contributed by atoms with van der Waals surface area (Å²) in [6.07, 6.45) is 1.09. The second kappa shape index (κ2) is 10.7. The monoisotopic (exact) mass is 525 g/mol. The van der Waals surface area contributed by atoms with Gasteiger partial charge in [0.05, 0.1) is 27.6 Å². The Bertz CT molecular complexity index is 1350. The van der Waals surface area contributed by atoms with Crippen molar-refractivity contribution in [2.24, 2.45) is 10.9 Å². The number of halogens is 2. The zero-order valence-electron chi connectivity index (χ0n) is 18.6. The predicted octanol–water partition coefficient (Wildman–Crippen LogP) is 4.06. The van der Waals surface area contributed by atoms with E-state index in [1.165, 1.54) is 27.8 Å². The molecule has 4 rings (SSSR count). The van der Waals surface area contributed by atoms with Gasteiger partial charge in [-0.3, -0.25) is 4.79 Å². The van der Waals surface area contributed by atoms with E-state index in [0.29, 0.717) is 49.0 Å². The second-order valence-corrected chi connectivity index (χ2v) is 11.3. The number of amides is 1. The van der Waals surface area contributed by atoms with E-state index >= 15 is 0 Å². The van der Waals surface area contributed by atoms with Crippen LogP contribution < -0.4 is 4.80 Å². The molecule has 1 saturated heterocycles. The molecule has 0 radical (unpaired) electrons. The van der Waals surface area contributed by atoms with Crippen molar-refractivity contribution in [1.29, 1.82) is 0 Å². The Labute approximate surface area is 206 Å². The first-order chi connectivity index (χ1) is 16.3. The van der Waals surface area contributed by atoms with Gasteiger partial charge in [-0.15, -0.1) is 0 Å². The summed E-state index contributed by atoms with van der Waals surface area (Å²) >= 11 is 7.51.